The fourth-order valence-electron chi connectivity index (χ4n) is 1.91. The van der Waals surface area contributed by atoms with Crippen molar-refractivity contribution in [3.05, 3.63) is 0 Å². The number of nitrogens with one attached hydrogen (secondary N) is 1. The molecule has 0 spiro atoms. The van der Waals surface area contributed by atoms with Crippen molar-refractivity contribution in [3.63, 3.8) is 0 Å². The molecule has 1 unspecified atom stereocenters. The lowest BCUT2D eigenvalue weighted by molar-refractivity contribution is -0.126. The molecule has 1 heterocycles. The molecular formula is C11H22N2O5S. The highest BCUT2D eigenvalue weighted by molar-refractivity contribution is 7.90. The van der Waals surface area contributed by atoms with E-state index in [1.54, 1.807) is 0 Å². The SMILES string of the molecule is CS(=O)(=O)CCC(N)C(=O)NC1(CO)CCOCC1. The largest absolute Gasteiger partial charge is 0.394 e. The van der Waals surface area contributed by atoms with E-state index in [-0.39, 0.29) is 18.8 Å². The van der Waals surface area contributed by atoms with E-state index in [9.17, 15) is 18.3 Å². The number of ether oxygens (including phenoxy) is 1. The van der Waals surface area contributed by atoms with Crippen LogP contribution < -0.4 is 11.1 Å². The van der Waals surface area contributed by atoms with Crippen LogP contribution in [0, 0.1) is 0 Å². The van der Waals surface area contributed by atoms with Gasteiger partial charge in [0, 0.05) is 19.5 Å². The van der Waals surface area contributed by atoms with Gasteiger partial charge in [0.05, 0.1) is 23.9 Å². The number of aliphatic hydroxyl groups is 1. The van der Waals surface area contributed by atoms with E-state index in [0.717, 1.165) is 6.26 Å². The number of hydrogen-bond donors (Lipinski definition) is 3. The molecular weight excluding hydrogens is 272 g/mol. The van der Waals surface area contributed by atoms with Gasteiger partial charge >= 0.3 is 0 Å². The quantitative estimate of drug-likeness (QED) is 0.543. The number of carbonyl (C=O) groups excluding carboxylic acids is 1. The maximum atomic E-state index is 11.9. The summed E-state index contributed by atoms with van der Waals surface area (Å²) in [5.74, 6) is -0.559. The van der Waals surface area contributed by atoms with Crippen LogP contribution in [0.4, 0.5) is 0 Å². The first kappa shape index (κ1) is 16.4. The monoisotopic (exact) mass is 294 g/mol. The predicted molar refractivity (Wildman–Crippen MR) is 70.3 cm³/mol. The van der Waals surface area contributed by atoms with Gasteiger partial charge < -0.3 is 20.9 Å². The number of aliphatic hydroxyl groups excluding tert-OH is 1. The number of nitrogens with two attached hydrogens (primary N) is 1. The molecule has 0 radical (unpaired) electrons. The summed E-state index contributed by atoms with van der Waals surface area (Å²) in [5.41, 5.74) is 4.97. The summed E-state index contributed by atoms with van der Waals surface area (Å²) in [4.78, 5) is 11.9. The number of amides is 1. The molecule has 7 nitrogen and oxygen atoms in total. The van der Waals surface area contributed by atoms with Crippen molar-refractivity contribution in [2.75, 3.05) is 31.8 Å². The number of sulfone groups is 1. The van der Waals surface area contributed by atoms with Crippen molar-refractivity contribution in [1.29, 1.82) is 0 Å². The smallest absolute Gasteiger partial charge is 0.237 e. The van der Waals surface area contributed by atoms with Gasteiger partial charge in [-0.25, -0.2) is 8.42 Å². The lowest BCUT2D eigenvalue weighted by atomic mass is 9.90. The van der Waals surface area contributed by atoms with Gasteiger partial charge in [-0.15, -0.1) is 0 Å². The van der Waals surface area contributed by atoms with Gasteiger partial charge in [0.15, 0.2) is 0 Å². The minimum absolute atomic E-state index is 0.0721. The molecule has 1 aliphatic rings. The second-order valence-corrected chi connectivity index (χ2v) is 7.32. The van der Waals surface area contributed by atoms with E-state index in [1.165, 1.54) is 0 Å². The van der Waals surface area contributed by atoms with Gasteiger partial charge in [-0.1, -0.05) is 0 Å². The molecule has 0 aromatic heterocycles. The van der Waals surface area contributed by atoms with Crippen molar-refractivity contribution >= 4 is 15.7 Å². The Hall–Kier alpha value is -0.700. The van der Waals surface area contributed by atoms with Crippen molar-refractivity contribution < 1.29 is 23.1 Å². The van der Waals surface area contributed by atoms with Gasteiger partial charge in [0.25, 0.3) is 0 Å². The van der Waals surface area contributed by atoms with Crippen LogP contribution in [0.15, 0.2) is 0 Å². The van der Waals surface area contributed by atoms with Gasteiger partial charge in [0.1, 0.15) is 9.84 Å². The van der Waals surface area contributed by atoms with Gasteiger partial charge in [-0.3, -0.25) is 4.79 Å². The van der Waals surface area contributed by atoms with Gasteiger partial charge in [-0.2, -0.15) is 0 Å². The molecule has 1 atom stereocenters. The fourth-order valence-corrected chi connectivity index (χ4v) is 2.59. The number of carbonyl (C=O) groups is 1. The molecule has 8 heteroatoms. The Morgan fingerprint density at radius 1 is 1.47 bits per heavy atom. The molecule has 0 saturated carbocycles. The molecule has 19 heavy (non-hydrogen) atoms. The first-order chi connectivity index (χ1) is 8.78. The van der Waals surface area contributed by atoms with Crippen LogP contribution in [0.1, 0.15) is 19.3 Å². The molecule has 0 bridgehead atoms. The fraction of sp³-hybridized carbons (Fsp3) is 0.909. The number of hydrogen-bond acceptors (Lipinski definition) is 6. The minimum atomic E-state index is -3.14. The topological polar surface area (TPSA) is 119 Å². The van der Waals surface area contributed by atoms with E-state index in [2.05, 4.69) is 5.32 Å². The van der Waals surface area contributed by atoms with Crippen LogP contribution in [-0.2, 0) is 19.4 Å². The Bertz CT molecular complexity index is 403. The Morgan fingerprint density at radius 3 is 2.53 bits per heavy atom. The lowest BCUT2D eigenvalue weighted by Gasteiger charge is -2.37. The molecule has 0 aromatic carbocycles. The first-order valence-electron chi connectivity index (χ1n) is 6.22. The minimum Gasteiger partial charge on any atom is -0.394 e. The highest BCUT2D eigenvalue weighted by atomic mass is 32.2. The van der Waals surface area contributed by atoms with E-state index >= 15 is 0 Å². The van der Waals surface area contributed by atoms with Crippen LogP contribution in [0.25, 0.3) is 0 Å². The lowest BCUT2D eigenvalue weighted by Crippen LogP contribution is -2.58. The summed E-state index contributed by atoms with van der Waals surface area (Å²) in [6, 6.07) is -0.888. The third-order valence-electron chi connectivity index (χ3n) is 3.28. The van der Waals surface area contributed by atoms with Gasteiger partial charge in [-0.05, 0) is 19.3 Å². The average molecular weight is 294 g/mol. The molecule has 1 fully saturated rings. The van der Waals surface area contributed by atoms with Crippen LogP contribution in [0.5, 0.6) is 0 Å². The van der Waals surface area contributed by atoms with Crippen LogP contribution in [0.3, 0.4) is 0 Å². The summed E-state index contributed by atoms with van der Waals surface area (Å²) < 4.78 is 27.2. The number of rotatable bonds is 6. The normalized spacial score (nSPS) is 20.8. The van der Waals surface area contributed by atoms with Crippen molar-refractivity contribution in [2.24, 2.45) is 5.73 Å². The predicted octanol–water partition coefficient (Wildman–Crippen LogP) is -1.59. The molecule has 112 valence electrons. The summed E-state index contributed by atoms with van der Waals surface area (Å²) in [5, 5.41) is 12.2. The Labute approximate surface area is 113 Å². The molecule has 1 rings (SSSR count). The van der Waals surface area contributed by atoms with Crippen molar-refractivity contribution in [2.45, 2.75) is 30.8 Å². The summed E-state index contributed by atoms with van der Waals surface area (Å²) in [6.07, 6.45) is 2.22. The summed E-state index contributed by atoms with van der Waals surface area (Å²) >= 11 is 0. The van der Waals surface area contributed by atoms with E-state index in [0.29, 0.717) is 26.1 Å². The molecule has 0 aromatic rings. The molecule has 1 amide bonds. The van der Waals surface area contributed by atoms with Crippen molar-refractivity contribution in [1.82, 2.24) is 5.32 Å². The zero-order valence-corrected chi connectivity index (χ0v) is 11.9. The van der Waals surface area contributed by atoms with E-state index in [4.69, 9.17) is 10.5 Å². The Balaban J connectivity index is 2.52. The maximum Gasteiger partial charge on any atom is 0.237 e. The van der Waals surface area contributed by atoms with Crippen LogP contribution in [-0.4, -0.2) is 62.8 Å². The van der Waals surface area contributed by atoms with E-state index < -0.39 is 27.3 Å². The third-order valence-corrected chi connectivity index (χ3v) is 4.25. The zero-order chi connectivity index (χ0) is 14.5. The van der Waals surface area contributed by atoms with Gasteiger partial charge in [0.2, 0.25) is 5.91 Å². The molecule has 4 N–H and O–H groups in total. The maximum absolute atomic E-state index is 11.9. The zero-order valence-electron chi connectivity index (χ0n) is 11.1. The highest BCUT2D eigenvalue weighted by Gasteiger charge is 2.34. The molecule has 1 saturated heterocycles. The first-order valence-corrected chi connectivity index (χ1v) is 8.28. The average Bonchev–Trinajstić information content (AvgIpc) is 2.36. The third kappa shape index (κ3) is 5.43. The van der Waals surface area contributed by atoms with E-state index in [1.807, 2.05) is 0 Å². The Kier molecular flexibility index (Phi) is 5.72. The summed E-state index contributed by atoms with van der Waals surface area (Å²) in [6.45, 7) is 0.764. The Morgan fingerprint density at radius 2 is 2.05 bits per heavy atom. The molecule has 0 aliphatic carbocycles. The second kappa shape index (κ2) is 6.65. The highest BCUT2D eigenvalue weighted by Crippen LogP contribution is 2.20. The second-order valence-electron chi connectivity index (χ2n) is 5.07. The van der Waals surface area contributed by atoms with Crippen molar-refractivity contribution in [3.8, 4) is 0 Å². The standard InChI is InChI=1S/C11H22N2O5S/c1-19(16,17)7-2-9(12)10(15)13-11(8-14)3-5-18-6-4-11/h9,14H,2-8,12H2,1H3,(H,13,15). The van der Waals surface area contributed by atoms with Crippen LogP contribution >= 0.6 is 0 Å². The van der Waals surface area contributed by atoms with Crippen LogP contribution in [0.2, 0.25) is 0 Å². The molecule has 1 aliphatic heterocycles. The summed E-state index contributed by atoms with van der Waals surface area (Å²) in [7, 11) is -3.14.